The SMILES string of the molecule is O=C(O)c1cnoc1-c1ccc(O)c(F)c1. The van der Waals surface area contributed by atoms with Gasteiger partial charge in [0.2, 0.25) is 0 Å². The van der Waals surface area contributed by atoms with E-state index in [-0.39, 0.29) is 16.9 Å². The van der Waals surface area contributed by atoms with Gasteiger partial charge in [0.25, 0.3) is 0 Å². The van der Waals surface area contributed by atoms with Crippen molar-refractivity contribution >= 4 is 5.97 Å². The average Bonchev–Trinajstić information content (AvgIpc) is 2.71. The lowest BCUT2D eigenvalue weighted by Gasteiger charge is -1.99. The number of nitrogens with zero attached hydrogens (tertiary/aromatic N) is 1. The normalized spacial score (nSPS) is 10.3. The van der Waals surface area contributed by atoms with Gasteiger partial charge in [-0.3, -0.25) is 0 Å². The maximum atomic E-state index is 13.0. The molecule has 0 spiro atoms. The number of rotatable bonds is 2. The third-order valence-electron chi connectivity index (χ3n) is 2.01. The molecule has 0 bridgehead atoms. The highest BCUT2D eigenvalue weighted by Gasteiger charge is 2.17. The van der Waals surface area contributed by atoms with E-state index >= 15 is 0 Å². The zero-order valence-corrected chi connectivity index (χ0v) is 7.85. The Morgan fingerprint density at radius 2 is 2.19 bits per heavy atom. The van der Waals surface area contributed by atoms with Gasteiger partial charge in [-0.15, -0.1) is 0 Å². The van der Waals surface area contributed by atoms with Crippen LogP contribution in [-0.2, 0) is 0 Å². The number of carboxylic acids is 1. The van der Waals surface area contributed by atoms with Crippen LogP contribution in [0.4, 0.5) is 4.39 Å². The van der Waals surface area contributed by atoms with Crippen molar-refractivity contribution in [1.82, 2.24) is 5.16 Å². The van der Waals surface area contributed by atoms with Crippen LogP contribution >= 0.6 is 0 Å². The molecule has 2 N–H and O–H groups in total. The number of carbonyl (C=O) groups is 1. The molecule has 1 aromatic carbocycles. The van der Waals surface area contributed by atoms with Crippen LogP contribution in [0, 0.1) is 5.82 Å². The van der Waals surface area contributed by atoms with Crippen LogP contribution < -0.4 is 0 Å². The van der Waals surface area contributed by atoms with E-state index in [1.165, 1.54) is 6.07 Å². The first-order valence-corrected chi connectivity index (χ1v) is 4.26. The summed E-state index contributed by atoms with van der Waals surface area (Å²) in [6.45, 7) is 0. The Morgan fingerprint density at radius 3 is 2.81 bits per heavy atom. The second kappa shape index (κ2) is 3.65. The molecule has 2 aromatic rings. The number of phenols is 1. The zero-order chi connectivity index (χ0) is 11.7. The molecular weight excluding hydrogens is 217 g/mol. The molecular formula is C10H6FNO4. The molecule has 0 aliphatic heterocycles. The van der Waals surface area contributed by atoms with E-state index in [4.69, 9.17) is 14.7 Å². The Bertz CT molecular complexity index is 550. The summed E-state index contributed by atoms with van der Waals surface area (Å²) >= 11 is 0. The minimum atomic E-state index is -1.22. The highest BCUT2D eigenvalue weighted by molar-refractivity contribution is 5.93. The number of aromatic hydroxyl groups is 1. The van der Waals surface area contributed by atoms with Crippen LogP contribution in [0.2, 0.25) is 0 Å². The van der Waals surface area contributed by atoms with Gasteiger partial charge in [0.15, 0.2) is 17.3 Å². The smallest absolute Gasteiger partial charge is 0.341 e. The molecule has 0 saturated heterocycles. The Morgan fingerprint density at radius 1 is 1.44 bits per heavy atom. The average molecular weight is 223 g/mol. The largest absolute Gasteiger partial charge is 0.505 e. The summed E-state index contributed by atoms with van der Waals surface area (Å²) in [5, 5.41) is 21.1. The Balaban J connectivity index is 2.54. The molecule has 82 valence electrons. The minimum absolute atomic E-state index is 0.0496. The highest BCUT2D eigenvalue weighted by Crippen LogP contribution is 2.27. The van der Waals surface area contributed by atoms with Crippen LogP contribution in [0.5, 0.6) is 5.75 Å². The first kappa shape index (κ1) is 10.2. The second-order valence-electron chi connectivity index (χ2n) is 3.04. The summed E-state index contributed by atoms with van der Waals surface area (Å²) in [5.74, 6) is -2.64. The predicted octanol–water partition coefficient (Wildman–Crippen LogP) is 1.88. The molecule has 0 radical (unpaired) electrons. The molecule has 0 saturated carbocycles. The van der Waals surface area contributed by atoms with E-state index < -0.39 is 17.5 Å². The van der Waals surface area contributed by atoms with E-state index in [9.17, 15) is 9.18 Å². The number of phenolic OH excluding ortho intramolecular Hbond substituents is 1. The number of hydrogen-bond acceptors (Lipinski definition) is 4. The maximum Gasteiger partial charge on any atom is 0.341 e. The van der Waals surface area contributed by atoms with Crippen LogP contribution in [0.3, 0.4) is 0 Å². The predicted molar refractivity (Wildman–Crippen MR) is 50.5 cm³/mol. The standard InChI is InChI=1S/C10H6FNO4/c11-7-3-5(1-2-8(7)13)9-6(10(14)15)4-12-16-9/h1-4,13H,(H,14,15). The number of carboxylic acid groups (broad SMARTS) is 1. The number of benzene rings is 1. The first-order valence-electron chi connectivity index (χ1n) is 4.26. The van der Waals surface area contributed by atoms with Gasteiger partial charge >= 0.3 is 5.97 Å². The molecule has 0 atom stereocenters. The van der Waals surface area contributed by atoms with Crippen molar-refractivity contribution in [3.05, 3.63) is 35.8 Å². The lowest BCUT2D eigenvalue weighted by Crippen LogP contribution is -1.96. The molecule has 0 aliphatic rings. The van der Waals surface area contributed by atoms with Gasteiger partial charge in [0, 0.05) is 5.56 Å². The van der Waals surface area contributed by atoms with Crippen LogP contribution in [0.1, 0.15) is 10.4 Å². The summed E-state index contributed by atoms with van der Waals surface area (Å²) in [4.78, 5) is 10.8. The maximum absolute atomic E-state index is 13.0. The fourth-order valence-corrected chi connectivity index (χ4v) is 1.25. The van der Waals surface area contributed by atoms with E-state index in [2.05, 4.69) is 5.16 Å². The van der Waals surface area contributed by atoms with Crippen molar-refractivity contribution in [3.8, 4) is 17.1 Å². The number of hydrogen-bond donors (Lipinski definition) is 2. The van der Waals surface area contributed by atoms with Crippen molar-refractivity contribution in [2.75, 3.05) is 0 Å². The Hall–Kier alpha value is -2.37. The molecule has 0 unspecified atom stereocenters. The summed E-state index contributed by atoms with van der Waals surface area (Å²) in [6, 6.07) is 3.42. The fraction of sp³-hybridized carbons (Fsp3) is 0. The molecule has 16 heavy (non-hydrogen) atoms. The molecule has 0 aliphatic carbocycles. The molecule has 2 rings (SSSR count). The molecule has 6 heteroatoms. The quantitative estimate of drug-likeness (QED) is 0.812. The summed E-state index contributed by atoms with van der Waals surface area (Å²) in [6.07, 6.45) is 1.03. The third-order valence-corrected chi connectivity index (χ3v) is 2.01. The lowest BCUT2D eigenvalue weighted by atomic mass is 10.1. The van der Waals surface area contributed by atoms with E-state index in [0.29, 0.717) is 0 Å². The molecule has 1 heterocycles. The van der Waals surface area contributed by atoms with Crippen molar-refractivity contribution < 1.29 is 23.9 Å². The van der Waals surface area contributed by atoms with Crippen LogP contribution in [-0.4, -0.2) is 21.3 Å². The van der Waals surface area contributed by atoms with E-state index in [1.54, 1.807) is 0 Å². The van der Waals surface area contributed by atoms with Crippen LogP contribution in [0.15, 0.2) is 28.9 Å². The molecule has 1 aromatic heterocycles. The molecule has 0 fully saturated rings. The number of halogens is 1. The summed E-state index contributed by atoms with van der Waals surface area (Å²) in [7, 11) is 0. The van der Waals surface area contributed by atoms with Gasteiger partial charge in [-0.25, -0.2) is 9.18 Å². The third kappa shape index (κ3) is 1.60. The van der Waals surface area contributed by atoms with E-state index in [1.807, 2.05) is 0 Å². The first-order chi connectivity index (χ1) is 7.59. The van der Waals surface area contributed by atoms with Gasteiger partial charge < -0.3 is 14.7 Å². The summed E-state index contributed by atoms with van der Waals surface area (Å²) < 4.78 is 17.8. The van der Waals surface area contributed by atoms with Gasteiger partial charge in [-0.05, 0) is 18.2 Å². The van der Waals surface area contributed by atoms with Gasteiger partial charge in [-0.1, -0.05) is 5.16 Å². The van der Waals surface area contributed by atoms with Crippen molar-refractivity contribution in [2.45, 2.75) is 0 Å². The topological polar surface area (TPSA) is 83.6 Å². The lowest BCUT2D eigenvalue weighted by molar-refractivity contribution is 0.0697. The van der Waals surface area contributed by atoms with E-state index in [0.717, 1.165) is 18.3 Å². The minimum Gasteiger partial charge on any atom is -0.505 e. The number of aromatic carboxylic acids is 1. The second-order valence-corrected chi connectivity index (χ2v) is 3.04. The van der Waals surface area contributed by atoms with Gasteiger partial charge in [0.05, 0.1) is 6.20 Å². The van der Waals surface area contributed by atoms with Gasteiger partial charge in [-0.2, -0.15) is 0 Å². The molecule has 5 nitrogen and oxygen atoms in total. The van der Waals surface area contributed by atoms with Crippen LogP contribution in [0.25, 0.3) is 11.3 Å². The van der Waals surface area contributed by atoms with Crippen molar-refractivity contribution in [1.29, 1.82) is 0 Å². The summed E-state index contributed by atoms with van der Waals surface area (Å²) in [5.41, 5.74) is 0.0373. The monoisotopic (exact) mass is 223 g/mol. The Labute approximate surface area is 88.7 Å². The molecule has 0 amide bonds. The highest BCUT2D eigenvalue weighted by atomic mass is 19.1. The van der Waals surface area contributed by atoms with Gasteiger partial charge in [0.1, 0.15) is 5.56 Å². The Kier molecular flexibility index (Phi) is 2.32. The van der Waals surface area contributed by atoms with Crippen molar-refractivity contribution in [3.63, 3.8) is 0 Å². The van der Waals surface area contributed by atoms with Crippen molar-refractivity contribution in [2.24, 2.45) is 0 Å². The zero-order valence-electron chi connectivity index (χ0n) is 7.85. The fourth-order valence-electron chi connectivity index (χ4n) is 1.25. The number of aromatic nitrogens is 1.